The van der Waals surface area contributed by atoms with Crippen LogP contribution in [0.25, 0.3) is 6.08 Å². The molecule has 126 valence electrons. The van der Waals surface area contributed by atoms with Crippen molar-refractivity contribution in [3.8, 4) is 6.07 Å². The molecular weight excluding hydrogens is 339 g/mol. The number of nitro groups is 1. The molecule has 0 saturated heterocycles. The van der Waals surface area contributed by atoms with Gasteiger partial charge in [-0.05, 0) is 35.9 Å². The SMILES string of the molecule is N#CC(=Cc1ccc([N+](=O)[O-])cc1)C(=O)Nc1ccc(F)c(F)c1F. The summed E-state index contributed by atoms with van der Waals surface area (Å²) in [5, 5.41) is 21.6. The van der Waals surface area contributed by atoms with Gasteiger partial charge < -0.3 is 5.32 Å². The second-order valence-corrected chi connectivity index (χ2v) is 4.70. The highest BCUT2D eigenvalue weighted by Gasteiger charge is 2.17. The maximum absolute atomic E-state index is 13.5. The van der Waals surface area contributed by atoms with E-state index in [2.05, 4.69) is 0 Å². The first-order valence-corrected chi connectivity index (χ1v) is 6.64. The second kappa shape index (κ2) is 7.27. The van der Waals surface area contributed by atoms with Crippen LogP contribution in [0.4, 0.5) is 24.5 Å². The Morgan fingerprint density at radius 2 is 1.76 bits per heavy atom. The molecule has 6 nitrogen and oxygen atoms in total. The van der Waals surface area contributed by atoms with Crippen molar-refractivity contribution in [2.75, 3.05) is 5.32 Å². The Kier molecular flexibility index (Phi) is 5.14. The molecule has 1 N–H and O–H groups in total. The van der Waals surface area contributed by atoms with Crippen molar-refractivity contribution < 1.29 is 22.9 Å². The van der Waals surface area contributed by atoms with Crippen molar-refractivity contribution in [3.63, 3.8) is 0 Å². The molecule has 0 fully saturated rings. The van der Waals surface area contributed by atoms with Crippen molar-refractivity contribution in [3.05, 3.63) is 75.1 Å². The lowest BCUT2D eigenvalue weighted by Gasteiger charge is -2.06. The molecule has 0 aromatic heterocycles. The van der Waals surface area contributed by atoms with E-state index in [1.807, 2.05) is 5.32 Å². The average molecular weight is 347 g/mol. The number of carbonyl (C=O) groups excluding carboxylic acids is 1. The predicted octanol–water partition coefficient (Wildman–Crippen LogP) is 3.56. The van der Waals surface area contributed by atoms with Crippen molar-refractivity contribution in [2.45, 2.75) is 0 Å². The number of halogens is 3. The van der Waals surface area contributed by atoms with E-state index in [1.54, 1.807) is 6.07 Å². The van der Waals surface area contributed by atoms with Crippen LogP contribution in [-0.4, -0.2) is 10.8 Å². The molecule has 0 aliphatic carbocycles. The average Bonchev–Trinajstić information content (AvgIpc) is 2.60. The Balaban J connectivity index is 2.25. The maximum atomic E-state index is 13.5. The van der Waals surface area contributed by atoms with E-state index in [9.17, 15) is 28.1 Å². The van der Waals surface area contributed by atoms with Crippen LogP contribution >= 0.6 is 0 Å². The van der Waals surface area contributed by atoms with E-state index in [-0.39, 0.29) is 5.69 Å². The van der Waals surface area contributed by atoms with Gasteiger partial charge in [0, 0.05) is 12.1 Å². The van der Waals surface area contributed by atoms with Crippen LogP contribution in [0.15, 0.2) is 42.0 Å². The number of nitro benzene ring substituents is 1. The van der Waals surface area contributed by atoms with Crippen LogP contribution in [0.1, 0.15) is 5.56 Å². The Morgan fingerprint density at radius 3 is 2.32 bits per heavy atom. The van der Waals surface area contributed by atoms with Gasteiger partial charge in [-0.25, -0.2) is 13.2 Å². The Morgan fingerprint density at radius 1 is 1.12 bits per heavy atom. The van der Waals surface area contributed by atoms with Gasteiger partial charge in [0.25, 0.3) is 11.6 Å². The third kappa shape index (κ3) is 4.00. The number of non-ortho nitro benzene ring substituents is 1. The highest BCUT2D eigenvalue weighted by molar-refractivity contribution is 6.09. The molecule has 0 unspecified atom stereocenters. The number of nitrogens with one attached hydrogen (secondary N) is 1. The molecule has 0 bridgehead atoms. The fraction of sp³-hybridized carbons (Fsp3) is 0. The third-order valence-electron chi connectivity index (χ3n) is 3.06. The molecule has 2 rings (SSSR count). The number of hydrogen-bond donors (Lipinski definition) is 1. The maximum Gasteiger partial charge on any atom is 0.269 e. The smallest absolute Gasteiger partial charge is 0.269 e. The van der Waals surface area contributed by atoms with Crippen LogP contribution in [-0.2, 0) is 4.79 Å². The van der Waals surface area contributed by atoms with Crippen LogP contribution < -0.4 is 5.32 Å². The van der Waals surface area contributed by atoms with Gasteiger partial charge in [0.05, 0.1) is 10.6 Å². The quantitative estimate of drug-likeness (QED) is 0.301. The molecule has 2 aromatic rings. The number of carbonyl (C=O) groups is 1. The van der Waals surface area contributed by atoms with E-state index in [0.29, 0.717) is 11.6 Å². The van der Waals surface area contributed by atoms with Crippen molar-refractivity contribution in [1.29, 1.82) is 5.26 Å². The summed E-state index contributed by atoms with van der Waals surface area (Å²) in [4.78, 5) is 21.9. The van der Waals surface area contributed by atoms with Crippen molar-refractivity contribution in [1.82, 2.24) is 0 Å². The minimum Gasteiger partial charge on any atom is -0.319 e. The van der Waals surface area contributed by atoms with Gasteiger partial charge in [-0.3, -0.25) is 14.9 Å². The molecule has 0 radical (unpaired) electrons. The highest BCUT2D eigenvalue weighted by Crippen LogP contribution is 2.21. The third-order valence-corrected chi connectivity index (χ3v) is 3.06. The highest BCUT2D eigenvalue weighted by atomic mass is 19.2. The van der Waals surface area contributed by atoms with Crippen molar-refractivity contribution >= 4 is 23.4 Å². The zero-order chi connectivity index (χ0) is 18.6. The molecule has 0 spiro atoms. The summed E-state index contributed by atoms with van der Waals surface area (Å²) in [6, 6.07) is 7.98. The summed E-state index contributed by atoms with van der Waals surface area (Å²) < 4.78 is 39.5. The molecular formula is C16H8F3N3O3. The molecule has 0 saturated carbocycles. The molecule has 25 heavy (non-hydrogen) atoms. The van der Waals surface area contributed by atoms with E-state index < -0.39 is 39.5 Å². The zero-order valence-corrected chi connectivity index (χ0v) is 12.3. The standard InChI is InChI=1S/C16H8F3N3O3/c17-12-5-6-13(15(19)14(12)18)21-16(23)10(8-20)7-9-1-3-11(4-2-9)22(24)25/h1-7H,(H,21,23). The Hall–Kier alpha value is -3.67. The fourth-order valence-electron chi connectivity index (χ4n) is 1.82. The molecule has 1 amide bonds. The van der Waals surface area contributed by atoms with Gasteiger partial charge in [0.15, 0.2) is 17.5 Å². The molecule has 2 aromatic carbocycles. The topological polar surface area (TPSA) is 96.0 Å². The summed E-state index contributed by atoms with van der Waals surface area (Å²) >= 11 is 0. The molecule has 0 aliphatic rings. The number of rotatable bonds is 4. The first-order valence-electron chi connectivity index (χ1n) is 6.64. The summed E-state index contributed by atoms with van der Waals surface area (Å²) in [5.74, 6) is -5.82. The van der Waals surface area contributed by atoms with Gasteiger partial charge in [0.1, 0.15) is 11.6 Å². The zero-order valence-electron chi connectivity index (χ0n) is 12.3. The molecule has 0 heterocycles. The lowest BCUT2D eigenvalue weighted by molar-refractivity contribution is -0.384. The van der Waals surface area contributed by atoms with Gasteiger partial charge >= 0.3 is 0 Å². The fourth-order valence-corrected chi connectivity index (χ4v) is 1.82. The summed E-state index contributed by atoms with van der Waals surface area (Å²) in [6.45, 7) is 0. The summed E-state index contributed by atoms with van der Waals surface area (Å²) in [5.41, 5.74) is -0.959. The largest absolute Gasteiger partial charge is 0.319 e. The molecule has 0 aliphatic heterocycles. The van der Waals surface area contributed by atoms with E-state index in [4.69, 9.17) is 5.26 Å². The lowest BCUT2D eigenvalue weighted by atomic mass is 10.1. The van der Waals surface area contributed by atoms with Crippen LogP contribution in [0, 0.1) is 38.9 Å². The first-order chi connectivity index (χ1) is 11.8. The number of nitriles is 1. The van der Waals surface area contributed by atoms with Gasteiger partial charge in [-0.15, -0.1) is 0 Å². The van der Waals surface area contributed by atoms with Crippen molar-refractivity contribution in [2.24, 2.45) is 0 Å². The van der Waals surface area contributed by atoms with Gasteiger partial charge in [-0.1, -0.05) is 0 Å². The molecule has 0 atom stereocenters. The lowest BCUT2D eigenvalue weighted by Crippen LogP contribution is -2.15. The normalized spacial score (nSPS) is 10.9. The minimum absolute atomic E-state index is 0.177. The first kappa shape index (κ1) is 17.7. The minimum atomic E-state index is -1.75. The van der Waals surface area contributed by atoms with Gasteiger partial charge in [0.2, 0.25) is 0 Å². The van der Waals surface area contributed by atoms with E-state index >= 15 is 0 Å². The number of hydrogen-bond acceptors (Lipinski definition) is 4. The van der Waals surface area contributed by atoms with E-state index in [1.165, 1.54) is 24.3 Å². The van der Waals surface area contributed by atoms with E-state index in [0.717, 1.165) is 12.1 Å². The monoisotopic (exact) mass is 347 g/mol. The second-order valence-electron chi connectivity index (χ2n) is 4.70. The van der Waals surface area contributed by atoms with Crippen LogP contribution in [0.5, 0.6) is 0 Å². The Labute approximate surface area is 139 Å². The number of anilines is 1. The summed E-state index contributed by atoms with van der Waals surface area (Å²) in [6.07, 6.45) is 1.11. The van der Waals surface area contributed by atoms with Crippen LogP contribution in [0.3, 0.4) is 0 Å². The number of amides is 1. The summed E-state index contributed by atoms with van der Waals surface area (Å²) in [7, 11) is 0. The Bertz CT molecular complexity index is 919. The van der Waals surface area contributed by atoms with Crippen LogP contribution in [0.2, 0.25) is 0 Å². The number of benzene rings is 2. The van der Waals surface area contributed by atoms with Gasteiger partial charge in [-0.2, -0.15) is 5.26 Å². The molecule has 9 heteroatoms. The predicted molar refractivity (Wildman–Crippen MR) is 81.6 cm³/mol. The number of nitrogens with zero attached hydrogens (tertiary/aromatic N) is 2.